The summed E-state index contributed by atoms with van der Waals surface area (Å²) in [7, 11) is 0. The van der Waals surface area contributed by atoms with Crippen LogP contribution in [-0.2, 0) is 5.75 Å². The fourth-order valence-corrected chi connectivity index (χ4v) is 2.02. The first-order chi connectivity index (χ1) is 8.27. The van der Waals surface area contributed by atoms with Crippen LogP contribution in [0.3, 0.4) is 0 Å². The van der Waals surface area contributed by atoms with Gasteiger partial charge in [-0.2, -0.15) is 11.8 Å². The van der Waals surface area contributed by atoms with Crippen molar-refractivity contribution in [3.63, 3.8) is 0 Å². The number of thioether (sulfide) groups is 1. The van der Waals surface area contributed by atoms with Gasteiger partial charge >= 0.3 is 0 Å². The molecule has 0 radical (unpaired) electrons. The lowest BCUT2D eigenvalue weighted by Crippen LogP contribution is -2.24. The molecule has 0 saturated carbocycles. The van der Waals surface area contributed by atoms with Crippen LogP contribution in [0.4, 0.5) is 0 Å². The Morgan fingerprint density at radius 3 is 3.00 bits per heavy atom. The second-order valence-electron chi connectivity index (χ2n) is 3.75. The maximum absolute atomic E-state index is 11.8. The maximum Gasteiger partial charge on any atom is 0.251 e. The van der Waals surface area contributed by atoms with Gasteiger partial charge in [0.05, 0.1) is 0 Å². The van der Waals surface area contributed by atoms with Crippen LogP contribution >= 0.6 is 11.8 Å². The van der Waals surface area contributed by atoms with E-state index in [2.05, 4.69) is 11.6 Å². The Morgan fingerprint density at radius 2 is 2.29 bits per heavy atom. The largest absolute Gasteiger partial charge is 0.352 e. The van der Waals surface area contributed by atoms with E-state index in [1.165, 1.54) is 5.56 Å². The minimum Gasteiger partial charge on any atom is -0.352 e. The van der Waals surface area contributed by atoms with Crippen molar-refractivity contribution in [2.75, 3.05) is 12.8 Å². The fourth-order valence-electron chi connectivity index (χ4n) is 1.51. The molecule has 0 aliphatic heterocycles. The van der Waals surface area contributed by atoms with Crippen LogP contribution in [0.15, 0.2) is 36.4 Å². The zero-order valence-corrected chi connectivity index (χ0v) is 11.2. The first-order valence-electron chi connectivity index (χ1n) is 5.75. The van der Waals surface area contributed by atoms with Gasteiger partial charge in [0.2, 0.25) is 0 Å². The van der Waals surface area contributed by atoms with Crippen LogP contribution < -0.4 is 5.32 Å². The monoisotopic (exact) mass is 249 g/mol. The summed E-state index contributed by atoms with van der Waals surface area (Å²) < 4.78 is 0. The third kappa shape index (κ3) is 5.09. The van der Waals surface area contributed by atoms with Crippen molar-refractivity contribution in [3.8, 4) is 0 Å². The van der Waals surface area contributed by atoms with Gasteiger partial charge in [-0.25, -0.2) is 0 Å². The predicted molar refractivity (Wildman–Crippen MR) is 75.4 cm³/mol. The number of hydrogen-bond donors (Lipinski definition) is 1. The van der Waals surface area contributed by atoms with Crippen LogP contribution in [0.25, 0.3) is 0 Å². The molecule has 1 amide bonds. The molecule has 0 aromatic heterocycles. The second kappa shape index (κ2) is 7.96. The van der Waals surface area contributed by atoms with Gasteiger partial charge in [-0.1, -0.05) is 24.3 Å². The molecule has 0 unspecified atom stereocenters. The quantitative estimate of drug-likeness (QED) is 0.619. The van der Waals surface area contributed by atoms with E-state index in [1.807, 2.05) is 43.3 Å². The molecule has 3 heteroatoms. The van der Waals surface area contributed by atoms with Crippen LogP contribution in [0, 0.1) is 0 Å². The minimum absolute atomic E-state index is 0.0115. The highest BCUT2D eigenvalue weighted by atomic mass is 32.2. The smallest absolute Gasteiger partial charge is 0.251 e. The van der Waals surface area contributed by atoms with Gasteiger partial charge in [-0.15, -0.1) is 0 Å². The van der Waals surface area contributed by atoms with Gasteiger partial charge in [0, 0.05) is 17.9 Å². The van der Waals surface area contributed by atoms with Crippen molar-refractivity contribution >= 4 is 17.7 Å². The molecule has 2 nitrogen and oxygen atoms in total. The first kappa shape index (κ1) is 13.8. The third-order valence-electron chi connectivity index (χ3n) is 2.33. The molecule has 0 aliphatic rings. The van der Waals surface area contributed by atoms with E-state index in [9.17, 15) is 4.79 Å². The molecule has 0 fully saturated rings. The summed E-state index contributed by atoms with van der Waals surface area (Å²) in [6, 6.07) is 7.80. The topological polar surface area (TPSA) is 29.1 Å². The summed E-state index contributed by atoms with van der Waals surface area (Å²) in [5.74, 6) is 0.956. The zero-order chi connectivity index (χ0) is 12.5. The molecule has 1 N–H and O–H groups in total. The Morgan fingerprint density at radius 1 is 1.47 bits per heavy atom. The minimum atomic E-state index is 0.0115. The normalized spacial score (nSPS) is 10.7. The average Bonchev–Trinajstić information content (AvgIpc) is 2.35. The van der Waals surface area contributed by atoms with Crippen molar-refractivity contribution in [2.24, 2.45) is 0 Å². The number of amides is 1. The van der Waals surface area contributed by atoms with Crippen molar-refractivity contribution in [1.29, 1.82) is 0 Å². The first-order valence-corrected chi connectivity index (χ1v) is 7.14. The summed E-state index contributed by atoms with van der Waals surface area (Å²) in [6.07, 6.45) is 6.98. The molecule has 17 heavy (non-hydrogen) atoms. The van der Waals surface area contributed by atoms with Crippen LogP contribution in [0.5, 0.6) is 0 Å². The van der Waals surface area contributed by atoms with E-state index < -0.39 is 0 Å². The number of rotatable bonds is 6. The highest BCUT2D eigenvalue weighted by Crippen LogP contribution is 2.11. The number of benzene rings is 1. The Balaban J connectivity index is 2.53. The van der Waals surface area contributed by atoms with Gasteiger partial charge in [0.1, 0.15) is 0 Å². The van der Waals surface area contributed by atoms with Gasteiger partial charge < -0.3 is 5.32 Å². The Labute approximate surface area is 107 Å². The van der Waals surface area contributed by atoms with Gasteiger partial charge in [-0.05, 0) is 37.3 Å². The van der Waals surface area contributed by atoms with E-state index in [0.717, 1.165) is 17.7 Å². The molecule has 0 aliphatic carbocycles. The van der Waals surface area contributed by atoms with Gasteiger partial charge in [0.15, 0.2) is 0 Å². The molecular formula is C14H19NOS. The summed E-state index contributed by atoms with van der Waals surface area (Å²) in [5.41, 5.74) is 1.94. The molecule has 0 bridgehead atoms. The Hall–Kier alpha value is -1.22. The highest BCUT2D eigenvalue weighted by molar-refractivity contribution is 7.97. The Kier molecular flexibility index (Phi) is 6.48. The molecule has 92 valence electrons. The summed E-state index contributed by atoms with van der Waals surface area (Å²) >= 11 is 1.76. The number of hydrogen-bond acceptors (Lipinski definition) is 2. The second-order valence-corrected chi connectivity index (χ2v) is 4.61. The number of allylic oxidation sites excluding steroid dienone is 1. The van der Waals surface area contributed by atoms with Crippen molar-refractivity contribution in [1.82, 2.24) is 5.32 Å². The van der Waals surface area contributed by atoms with Gasteiger partial charge in [0.25, 0.3) is 5.91 Å². The lowest BCUT2D eigenvalue weighted by Gasteiger charge is -2.05. The van der Waals surface area contributed by atoms with Crippen molar-refractivity contribution in [2.45, 2.75) is 19.1 Å². The number of carbonyl (C=O) groups is 1. The standard InChI is InChI=1S/C14H19NOS/c1-3-4-5-9-15-14(16)13-8-6-7-12(10-13)11-17-2/h3-4,6-8,10H,5,9,11H2,1-2H3,(H,15,16)/b4-3+. The van der Waals surface area contributed by atoms with Crippen molar-refractivity contribution < 1.29 is 4.79 Å². The molecule has 0 atom stereocenters. The molecule has 1 aromatic rings. The van der Waals surface area contributed by atoms with E-state index in [-0.39, 0.29) is 5.91 Å². The van der Waals surface area contributed by atoms with E-state index in [1.54, 1.807) is 11.8 Å². The predicted octanol–water partition coefficient (Wildman–Crippen LogP) is 3.25. The summed E-state index contributed by atoms with van der Waals surface area (Å²) in [5, 5.41) is 2.91. The van der Waals surface area contributed by atoms with E-state index in [0.29, 0.717) is 6.54 Å². The van der Waals surface area contributed by atoms with Crippen LogP contribution in [0.1, 0.15) is 29.3 Å². The maximum atomic E-state index is 11.8. The van der Waals surface area contributed by atoms with Crippen LogP contribution in [-0.4, -0.2) is 18.7 Å². The molecule has 0 spiro atoms. The highest BCUT2D eigenvalue weighted by Gasteiger charge is 2.04. The summed E-state index contributed by atoms with van der Waals surface area (Å²) in [6.45, 7) is 2.67. The van der Waals surface area contributed by atoms with Gasteiger partial charge in [-0.3, -0.25) is 4.79 Å². The molecule has 0 saturated heterocycles. The Bertz CT molecular complexity index is 388. The fraction of sp³-hybridized carbons (Fsp3) is 0.357. The SMILES string of the molecule is C/C=C/CCNC(=O)c1cccc(CSC)c1. The summed E-state index contributed by atoms with van der Waals surface area (Å²) in [4.78, 5) is 11.8. The zero-order valence-electron chi connectivity index (χ0n) is 10.4. The molecular weight excluding hydrogens is 230 g/mol. The lowest BCUT2D eigenvalue weighted by molar-refractivity contribution is 0.0954. The number of carbonyl (C=O) groups excluding carboxylic acids is 1. The lowest BCUT2D eigenvalue weighted by atomic mass is 10.1. The van der Waals surface area contributed by atoms with Crippen molar-refractivity contribution in [3.05, 3.63) is 47.5 Å². The third-order valence-corrected chi connectivity index (χ3v) is 2.95. The van der Waals surface area contributed by atoms with E-state index in [4.69, 9.17) is 0 Å². The van der Waals surface area contributed by atoms with E-state index >= 15 is 0 Å². The average molecular weight is 249 g/mol. The molecule has 0 heterocycles. The molecule has 1 aromatic carbocycles. The number of nitrogens with one attached hydrogen (secondary N) is 1. The molecule has 1 rings (SSSR count). The van der Waals surface area contributed by atoms with Crippen LogP contribution in [0.2, 0.25) is 0 Å².